The first-order valence-electron chi connectivity index (χ1n) is 8.42. The van der Waals surface area contributed by atoms with Crippen LogP contribution in [0.25, 0.3) is 0 Å². The molecule has 132 valence electrons. The van der Waals surface area contributed by atoms with Crippen LogP contribution < -0.4 is 20.1 Å². The highest BCUT2D eigenvalue weighted by atomic mass is 16.7. The number of rotatable bonds is 7. The second-order valence-electron chi connectivity index (χ2n) is 6.00. The van der Waals surface area contributed by atoms with Crippen molar-refractivity contribution in [1.82, 2.24) is 15.5 Å². The third kappa shape index (κ3) is 4.10. The zero-order valence-corrected chi connectivity index (χ0v) is 14.0. The molecule has 7 heteroatoms. The topological polar surface area (TPSA) is 72.1 Å². The number of ether oxygens (including phenoxy) is 3. The minimum atomic E-state index is -0.169. The molecule has 0 radical (unpaired) electrons. The van der Waals surface area contributed by atoms with Crippen molar-refractivity contribution in [1.29, 1.82) is 0 Å². The molecule has 7 nitrogen and oxygen atoms in total. The molecule has 2 amide bonds. The van der Waals surface area contributed by atoms with Gasteiger partial charge in [0.15, 0.2) is 11.5 Å². The molecular formula is C17H25N3O4. The highest BCUT2D eigenvalue weighted by Gasteiger charge is 2.25. The second kappa shape index (κ2) is 8.21. The number of nitrogens with one attached hydrogen (secondary N) is 2. The normalized spacial score (nSPS) is 17.7. The lowest BCUT2D eigenvalue weighted by Crippen LogP contribution is -2.42. The molecule has 24 heavy (non-hydrogen) atoms. The average Bonchev–Trinajstić information content (AvgIpc) is 3.26. The van der Waals surface area contributed by atoms with Gasteiger partial charge in [0.05, 0.1) is 12.6 Å². The van der Waals surface area contributed by atoms with Gasteiger partial charge in [-0.25, -0.2) is 4.79 Å². The van der Waals surface area contributed by atoms with Crippen molar-refractivity contribution in [3.8, 4) is 11.5 Å². The average molecular weight is 335 g/mol. The number of hydrogen-bond donors (Lipinski definition) is 2. The molecule has 0 aliphatic carbocycles. The van der Waals surface area contributed by atoms with E-state index >= 15 is 0 Å². The summed E-state index contributed by atoms with van der Waals surface area (Å²) < 4.78 is 15.8. The summed E-state index contributed by atoms with van der Waals surface area (Å²) in [4.78, 5) is 14.3. The van der Waals surface area contributed by atoms with Crippen molar-refractivity contribution in [2.75, 3.05) is 46.7 Å². The summed E-state index contributed by atoms with van der Waals surface area (Å²) in [6.45, 7) is 3.93. The Morgan fingerprint density at radius 1 is 1.25 bits per heavy atom. The van der Waals surface area contributed by atoms with Crippen molar-refractivity contribution in [2.24, 2.45) is 0 Å². The van der Waals surface area contributed by atoms with Crippen LogP contribution >= 0.6 is 0 Å². The third-order valence-corrected chi connectivity index (χ3v) is 4.41. The van der Waals surface area contributed by atoms with Gasteiger partial charge in [0.2, 0.25) is 6.79 Å². The van der Waals surface area contributed by atoms with Crippen LogP contribution in [0.5, 0.6) is 11.5 Å². The molecule has 2 N–H and O–H groups in total. The Morgan fingerprint density at radius 2 is 2.04 bits per heavy atom. The van der Waals surface area contributed by atoms with Gasteiger partial charge >= 0.3 is 6.03 Å². The van der Waals surface area contributed by atoms with Crippen LogP contribution in [-0.4, -0.2) is 57.6 Å². The predicted octanol–water partition coefficient (Wildman–Crippen LogP) is 1.50. The number of carbonyl (C=O) groups is 1. The molecule has 3 rings (SSSR count). The zero-order valence-electron chi connectivity index (χ0n) is 14.0. The van der Waals surface area contributed by atoms with Gasteiger partial charge < -0.3 is 24.8 Å². The fourth-order valence-corrected chi connectivity index (χ4v) is 3.15. The number of hydrogen-bond acceptors (Lipinski definition) is 5. The van der Waals surface area contributed by atoms with Crippen molar-refractivity contribution >= 4 is 6.03 Å². The number of nitrogens with zero attached hydrogens (tertiary/aromatic N) is 1. The number of benzene rings is 1. The number of likely N-dealkylation sites (tertiary alicyclic amines) is 1. The Balaban J connectivity index is 1.64. The van der Waals surface area contributed by atoms with Crippen molar-refractivity contribution in [3.05, 3.63) is 23.8 Å². The molecule has 1 atom stereocenters. The molecule has 1 unspecified atom stereocenters. The monoisotopic (exact) mass is 335 g/mol. The van der Waals surface area contributed by atoms with E-state index in [0.29, 0.717) is 19.7 Å². The second-order valence-corrected chi connectivity index (χ2v) is 6.00. The first-order chi connectivity index (χ1) is 11.8. The maximum absolute atomic E-state index is 11.9. The zero-order chi connectivity index (χ0) is 16.8. The van der Waals surface area contributed by atoms with Gasteiger partial charge in [-0.15, -0.1) is 0 Å². The Morgan fingerprint density at radius 3 is 2.83 bits per heavy atom. The van der Waals surface area contributed by atoms with E-state index in [1.807, 2.05) is 12.1 Å². The van der Waals surface area contributed by atoms with Gasteiger partial charge in [-0.3, -0.25) is 4.90 Å². The molecule has 0 saturated carbocycles. The molecule has 2 heterocycles. The summed E-state index contributed by atoms with van der Waals surface area (Å²) in [6.07, 6.45) is 2.39. The number of urea groups is 1. The molecule has 2 aliphatic rings. The third-order valence-electron chi connectivity index (χ3n) is 4.41. The molecule has 1 saturated heterocycles. The van der Waals surface area contributed by atoms with Crippen LogP contribution in [0.15, 0.2) is 18.2 Å². The first kappa shape index (κ1) is 16.9. The minimum Gasteiger partial charge on any atom is -0.454 e. The summed E-state index contributed by atoms with van der Waals surface area (Å²) in [5.74, 6) is 1.56. The van der Waals surface area contributed by atoms with E-state index in [-0.39, 0.29) is 18.9 Å². The van der Waals surface area contributed by atoms with Crippen LogP contribution in [0.1, 0.15) is 24.4 Å². The van der Waals surface area contributed by atoms with E-state index in [9.17, 15) is 4.79 Å². The molecule has 0 aromatic heterocycles. The van der Waals surface area contributed by atoms with Crippen LogP contribution in [-0.2, 0) is 4.74 Å². The van der Waals surface area contributed by atoms with Gasteiger partial charge in [-0.2, -0.15) is 0 Å². The smallest absolute Gasteiger partial charge is 0.314 e. The minimum absolute atomic E-state index is 0.134. The predicted molar refractivity (Wildman–Crippen MR) is 89.4 cm³/mol. The number of methoxy groups -OCH3 is 1. The van der Waals surface area contributed by atoms with E-state index in [0.717, 1.165) is 30.2 Å². The summed E-state index contributed by atoms with van der Waals surface area (Å²) in [7, 11) is 1.61. The molecule has 2 aliphatic heterocycles. The van der Waals surface area contributed by atoms with Crippen molar-refractivity contribution in [3.63, 3.8) is 0 Å². The summed E-state index contributed by atoms with van der Waals surface area (Å²) in [5, 5.41) is 5.75. The standard InChI is InChI=1S/C17H25N3O4/c1-22-9-6-18-17(21)19-11-14(20-7-2-3-8-20)13-4-5-15-16(10-13)24-12-23-15/h4-5,10,14H,2-3,6-9,11-12H2,1H3,(H2,18,19,21). The summed E-state index contributed by atoms with van der Waals surface area (Å²) in [6, 6.07) is 5.99. The van der Waals surface area contributed by atoms with Gasteiger partial charge in [0.1, 0.15) is 0 Å². The Bertz CT molecular complexity index is 561. The van der Waals surface area contributed by atoms with Crippen LogP contribution in [0, 0.1) is 0 Å². The largest absolute Gasteiger partial charge is 0.454 e. The molecular weight excluding hydrogens is 310 g/mol. The van der Waals surface area contributed by atoms with E-state index < -0.39 is 0 Å². The highest BCUT2D eigenvalue weighted by molar-refractivity contribution is 5.73. The molecule has 0 spiro atoms. The van der Waals surface area contributed by atoms with Crippen molar-refractivity contribution < 1.29 is 19.0 Å². The fourth-order valence-electron chi connectivity index (χ4n) is 3.15. The molecule has 1 fully saturated rings. The van der Waals surface area contributed by atoms with E-state index in [1.165, 1.54) is 12.8 Å². The number of amides is 2. The maximum Gasteiger partial charge on any atom is 0.314 e. The highest BCUT2D eigenvalue weighted by Crippen LogP contribution is 2.36. The Hall–Kier alpha value is -1.99. The summed E-state index contributed by atoms with van der Waals surface area (Å²) >= 11 is 0. The van der Waals surface area contributed by atoms with Gasteiger partial charge in [-0.05, 0) is 43.6 Å². The fraction of sp³-hybridized carbons (Fsp3) is 0.588. The van der Waals surface area contributed by atoms with E-state index in [1.54, 1.807) is 7.11 Å². The maximum atomic E-state index is 11.9. The molecule has 1 aromatic rings. The number of carbonyl (C=O) groups excluding carboxylic acids is 1. The van der Waals surface area contributed by atoms with Gasteiger partial charge in [0, 0.05) is 20.2 Å². The molecule has 1 aromatic carbocycles. The quantitative estimate of drug-likeness (QED) is 0.739. The lowest BCUT2D eigenvalue weighted by Gasteiger charge is -2.28. The van der Waals surface area contributed by atoms with E-state index in [4.69, 9.17) is 14.2 Å². The lowest BCUT2D eigenvalue weighted by atomic mass is 10.0. The van der Waals surface area contributed by atoms with Crippen LogP contribution in [0.2, 0.25) is 0 Å². The van der Waals surface area contributed by atoms with Crippen molar-refractivity contribution in [2.45, 2.75) is 18.9 Å². The summed E-state index contributed by atoms with van der Waals surface area (Å²) in [5.41, 5.74) is 1.14. The lowest BCUT2D eigenvalue weighted by molar-refractivity contribution is 0.173. The SMILES string of the molecule is COCCNC(=O)NCC(c1ccc2c(c1)OCO2)N1CCCC1. The first-order valence-corrected chi connectivity index (χ1v) is 8.42. The van der Waals surface area contributed by atoms with Gasteiger partial charge in [-0.1, -0.05) is 6.07 Å². The number of fused-ring (bicyclic) bond motifs is 1. The Labute approximate surface area is 142 Å². The van der Waals surface area contributed by atoms with Crippen LogP contribution in [0.4, 0.5) is 4.79 Å². The van der Waals surface area contributed by atoms with Crippen LogP contribution in [0.3, 0.4) is 0 Å². The Kier molecular flexibility index (Phi) is 5.77. The van der Waals surface area contributed by atoms with E-state index in [2.05, 4.69) is 21.6 Å². The van der Waals surface area contributed by atoms with Gasteiger partial charge in [0.25, 0.3) is 0 Å². The molecule has 0 bridgehead atoms.